The smallest absolute Gasteiger partial charge is 0.247 e. The third-order valence-corrected chi connectivity index (χ3v) is 6.37. The van der Waals surface area contributed by atoms with Gasteiger partial charge in [0.1, 0.15) is 23.9 Å². The van der Waals surface area contributed by atoms with Crippen molar-refractivity contribution >= 4 is 23.8 Å². The lowest BCUT2D eigenvalue weighted by Gasteiger charge is -2.33. The molecule has 2 aliphatic rings. The lowest BCUT2D eigenvalue weighted by molar-refractivity contribution is -0.135. The van der Waals surface area contributed by atoms with Crippen molar-refractivity contribution in [3.05, 3.63) is 36.0 Å². The number of fused-ring (bicyclic) bond motifs is 10. The topological polar surface area (TPSA) is 109 Å². The summed E-state index contributed by atoms with van der Waals surface area (Å²) in [6, 6.07) is 5.17. The molecule has 1 aromatic carbocycles. The van der Waals surface area contributed by atoms with Gasteiger partial charge < -0.3 is 26.0 Å². The average Bonchev–Trinajstić information content (AvgIpc) is 2.80. The lowest BCUT2D eigenvalue weighted by Crippen LogP contribution is -2.62. The van der Waals surface area contributed by atoms with Crippen molar-refractivity contribution in [2.45, 2.75) is 78.6 Å². The zero-order valence-electron chi connectivity index (χ0n) is 22.1. The van der Waals surface area contributed by atoms with Crippen LogP contribution < -0.4 is 26.0 Å². The molecule has 0 radical (unpaired) electrons. The maximum atomic E-state index is 13.7. The van der Waals surface area contributed by atoms with Gasteiger partial charge in [0.15, 0.2) is 0 Å². The van der Waals surface area contributed by atoms with Crippen molar-refractivity contribution in [3.8, 4) is 5.75 Å². The Labute approximate surface area is 209 Å². The third kappa shape index (κ3) is 8.09. The van der Waals surface area contributed by atoms with Crippen LogP contribution in [0.3, 0.4) is 0 Å². The Morgan fingerprint density at radius 3 is 2.26 bits per heavy atom. The zero-order valence-corrected chi connectivity index (χ0v) is 22.1. The molecule has 0 aliphatic carbocycles. The summed E-state index contributed by atoms with van der Waals surface area (Å²) in [6.45, 7) is 11.9. The van der Waals surface area contributed by atoms with Gasteiger partial charge in [-0.2, -0.15) is 0 Å². The Morgan fingerprint density at radius 2 is 1.71 bits per heavy atom. The van der Waals surface area contributed by atoms with Crippen LogP contribution in [-0.2, 0) is 14.4 Å². The fraction of sp³-hybridized carbons (Fsp3) is 0.593. The highest BCUT2D eigenvalue weighted by Gasteiger charge is 2.38. The summed E-state index contributed by atoms with van der Waals surface area (Å²) < 4.78 is 6.28. The average molecular weight is 487 g/mol. The molecule has 0 saturated carbocycles. The van der Waals surface area contributed by atoms with E-state index in [1.165, 1.54) is 0 Å². The highest BCUT2D eigenvalue weighted by atomic mass is 16.5. The monoisotopic (exact) mass is 486 g/mol. The molecule has 35 heavy (non-hydrogen) atoms. The summed E-state index contributed by atoms with van der Waals surface area (Å²) in [6.07, 6.45) is 3.97. The van der Waals surface area contributed by atoms with Crippen molar-refractivity contribution in [2.24, 2.45) is 17.8 Å². The molecule has 0 saturated heterocycles. The number of carbonyl (C=O) groups is 3. The van der Waals surface area contributed by atoms with Crippen molar-refractivity contribution < 1.29 is 19.1 Å². The second-order valence-electron chi connectivity index (χ2n) is 10.1. The number of rotatable bonds is 8. The summed E-state index contributed by atoms with van der Waals surface area (Å²) in [7, 11) is 1.73. The predicted octanol–water partition coefficient (Wildman–Crippen LogP) is 2.84. The largest absolute Gasteiger partial charge is 0.487 e. The number of hydrogen-bond donors (Lipinski definition) is 4. The van der Waals surface area contributed by atoms with Crippen LogP contribution in [0.5, 0.6) is 5.75 Å². The highest BCUT2D eigenvalue weighted by Crippen LogP contribution is 2.21. The molecule has 3 amide bonds. The molecule has 1 aromatic rings. The fourth-order valence-electron chi connectivity index (χ4n) is 4.14. The second-order valence-corrected chi connectivity index (χ2v) is 10.1. The molecule has 5 atom stereocenters. The Morgan fingerprint density at radius 1 is 1.06 bits per heavy atom. The Balaban J connectivity index is 2.50. The van der Waals surface area contributed by atoms with E-state index in [4.69, 9.17) is 4.74 Å². The minimum Gasteiger partial charge on any atom is -0.487 e. The minimum atomic E-state index is -0.997. The van der Waals surface area contributed by atoms with Crippen LogP contribution in [0.25, 0.3) is 6.08 Å². The zero-order chi connectivity index (χ0) is 26.1. The normalized spacial score (nSPS) is 22.7. The molecule has 3 rings (SSSR count). The maximum absolute atomic E-state index is 13.7. The first kappa shape index (κ1) is 28.4. The summed E-state index contributed by atoms with van der Waals surface area (Å²) >= 11 is 0. The minimum absolute atomic E-state index is 0.0683. The van der Waals surface area contributed by atoms with Crippen LogP contribution in [-0.4, -0.2) is 49.0 Å². The number of nitrogens with one attached hydrogen (secondary N) is 4. The number of amides is 3. The van der Waals surface area contributed by atoms with E-state index >= 15 is 0 Å². The van der Waals surface area contributed by atoms with Gasteiger partial charge in [-0.1, -0.05) is 60.1 Å². The van der Waals surface area contributed by atoms with E-state index in [9.17, 15) is 14.4 Å². The Bertz CT molecular complexity index is 882. The molecule has 0 spiro atoms. The SMILES string of the molecule is CCC(C)C(NC)C(=O)NC1C(=O)NC(CC(C)C)C(=O)NC=Cc2ccc(cc2)OC1C(C)C. The first-order chi connectivity index (χ1) is 16.6. The van der Waals surface area contributed by atoms with Gasteiger partial charge in [-0.05, 0) is 55.0 Å². The molecule has 0 aromatic heterocycles. The van der Waals surface area contributed by atoms with E-state index in [2.05, 4.69) is 21.3 Å². The molecule has 0 fully saturated rings. The van der Waals surface area contributed by atoms with Gasteiger partial charge in [0, 0.05) is 6.20 Å². The molecule has 2 heterocycles. The number of likely N-dealkylation sites (N-methyl/N-ethyl adjacent to an activating group) is 1. The molecule has 2 bridgehead atoms. The highest BCUT2D eigenvalue weighted by molar-refractivity contribution is 5.94. The van der Waals surface area contributed by atoms with Gasteiger partial charge >= 0.3 is 0 Å². The van der Waals surface area contributed by atoms with Crippen molar-refractivity contribution in [1.29, 1.82) is 0 Å². The maximum Gasteiger partial charge on any atom is 0.247 e. The van der Waals surface area contributed by atoms with Crippen LogP contribution in [0.2, 0.25) is 0 Å². The van der Waals surface area contributed by atoms with E-state index in [0.717, 1.165) is 12.0 Å². The molecule has 194 valence electrons. The van der Waals surface area contributed by atoms with Gasteiger partial charge in [-0.3, -0.25) is 14.4 Å². The number of carbonyl (C=O) groups excluding carboxylic acids is 3. The van der Waals surface area contributed by atoms with Gasteiger partial charge in [-0.15, -0.1) is 0 Å². The third-order valence-electron chi connectivity index (χ3n) is 6.37. The quantitative estimate of drug-likeness (QED) is 0.452. The fourth-order valence-corrected chi connectivity index (χ4v) is 4.14. The van der Waals surface area contributed by atoms with Crippen LogP contribution in [0.4, 0.5) is 0 Å². The van der Waals surface area contributed by atoms with E-state index in [1.807, 2.05) is 65.8 Å². The van der Waals surface area contributed by atoms with Crippen molar-refractivity contribution in [2.75, 3.05) is 7.05 Å². The van der Waals surface area contributed by atoms with E-state index in [1.54, 1.807) is 19.3 Å². The van der Waals surface area contributed by atoms with Crippen LogP contribution in [0.15, 0.2) is 30.5 Å². The van der Waals surface area contributed by atoms with Gasteiger partial charge in [0.2, 0.25) is 17.7 Å². The molecule has 8 nitrogen and oxygen atoms in total. The summed E-state index contributed by atoms with van der Waals surface area (Å²) in [5.41, 5.74) is 0.899. The molecular weight excluding hydrogens is 444 g/mol. The second kappa shape index (κ2) is 13.3. The Kier molecular flexibility index (Phi) is 10.8. The molecule has 4 N–H and O–H groups in total. The standard InChI is InChI=1S/C27H42N4O4/c1-8-18(6)22(28-7)26(33)31-23-24(17(4)5)35-20-11-9-19(10-12-20)13-14-29-25(32)21(15-16(2)3)30-27(23)34/h9-14,16-18,21-24,28H,8,15H2,1-7H3,(H,29,32)(H,30,34)(H,31,33). The van der Waals surface area contributed by atoms with Gasteiger partial charge in [-0.25, -0.2) is 0 Å². The van der Waals surface area contributed by atoms with Crippen LogP contribution in [0, 0.1) is 17.8 Å². The van der Waals surface area contributed by atoms with E-state index in [-0.39, 0.29) is 29.6 Å². The number of ether oxygens (including phenoxy) is 1. The molecule has 5 unspecified atom stereocenters. The van der Waals surface area contributed by atoms with E-state index < -0.39 is 30.1 Å². The predicted molar refractivity (Wildman–Crippen MR) is 138 cm³/mol. The summed E-state index contributed by atoms with van der Waals surface area (Å²) in [5.74, 6) is -0.303. The first-order valence-electron chi connectivity index (χ1n) is 12.6. The first-order valence-corrected chi connectivity index (χ1v) is 12.6. The van der Waals surface area contributed by atoms with Gasteiger partial charge in [0.25, 0.3) is 0 Å². The molecule has 2 aliphatic heterocycles. The van der Waals surface area contributed by atoms with Crippen molar-refractivity contribution in [3.63, 3.8) is 0 Å². The lowest BCUT2D eigenvalue weighted by atomic mass is 9.94. The molecule has 8 heteroatoms. The van der Waals surface area contributed by atoms with Crippen molar-refractivity contribution in [1.82, 2.24) is 21.3 Å². The van der Waals surface area contributed by atoms with Gasteiger partial charge in [0.05, 0.1) is 6.04 Å². The summed E-state index contributed by atoms with van der Waals surface area (Å²) in [5, 5.41) is 11.7. The number of hydrogen-bond acceptors (Lipinski definition) is 5. The van der Waals surface area contributed by atoms with E-state index in [0.29, 0.717) is 12.2 Å². The Hall–Kier alpha value is -2.87. The van der Waals surface area contributed by atoms with Crippen LogP contribution in [0.1, 0.15) is 59.9 Å². The number of benzene rings is 1. The van der Waals surface area contributed by atoms with Crippen LogP contribution >= 0.6 is 0 Å². The summed E-state index contributed by atoms with van der Waals surface area (Å²) in [4.78, 5) is 39.9. The molecular formula is C27H42N4O4.